The number of nitrogens with one attached hydrogen (secondary N) is 1. The molecule has 2 amide bonds. The molecule has 0 saturated carbocycles. The number of amides is 2. The van der Waals surface area contributed by atoms with Crippen molar-refractivity contribution in [3.05, 3.63) is 66.0 Å². The van der Waals surface area contributed by atoms with Crippen molar-refractivity contribution in [2.45, 2.75) is 0 Å². The highest BCUT2D eigenvalue weighted by atomic mass is 16.5. The Morgan fingerprint density at radius 1 is 1.07 bits per heavy atom. The van der Waals surface area contributed by atoms with Crippen LogP contribution in [-0.4, -0.2) is 73.0 Å². The van der Waals surface area contributed by atoms with E-state index in [1.807, 2.05) is 35.2 Å². The smallest absolute Gasteiger partial charge is 0.251 e. The molecule has 7 nitrogen and oxygen atoms in total. The van der Waals surface area contributed by atoms with Crippen LogP contribution in [-0.2, 0) is 4.79 Å². The fourth-order valence-electron chi connectivity index (χ4n) is 3.11. The van der Waals surface area contributed by atoms with Crippen LogP contribution in [0.4, 0.5) is 0 Å². The van der Waals surface area contributed by atoms with Crippen molar-refractivity contribution in [1.82, 2.24) is 20.1 Å². The van der Waals surface area contributed by atoms with E-state index in [9.17, 15) is 9.59 Å². The molecule has 0 aliphatic carbocycles. The lowest BCUT2D eigenvalue weighted by atomic mass is 10.2. The molecular formula is C22H26N4O3. The molecule has 1 N–H and O–H groups in total. The lowest BCUT2D eigenvalue weighted by molar-refractivity contribution is -0.127. The van der Waals surface area contributed by atoms with Gasteiger partial charge >= 0.3 is 0 Å². The maximum Gasteiger partial charge on any atom is 0.251 e. The number of hydrogen-bond donors (Lipinski definition) is 1. The highest BCUT2D eigenvalue weighted by Gasteiger charge is 2.19. The number of ether oxygens (including phenoxy) is 1. The van der Waals surface area contributed by atoms with Crippen LogP contribution in [0.3, 0.4) is 0 Å². The number of aromatic nitrogens is 1. The van der Waals surface area contributed by atoms with E-state index in [2.05, 4.69) is 15.2 Å². The predicted molar refractivity (Wildman–Crippen MR) is 112 cm³/mol. The molecular weight excluding hydrogens is 368 g/mol. The van der Waals surface area contributed by atoms with Gasteiger partial charge in [0.25, 0.3) is 5.91 Å². The summed E-state index contributed by atoms with van der Waals surface area (Å²) in [5, 5.41) is 2.92. The SMILES string of the molecule is COc1ccc(C=CC(=O)N2CCN(CCNC(=O)c3ccncc3)CC2)cc1. The van der Waals surface area contributed by atoms with Gasteiger partial charge in [-0.25, -0.2) is 0 Å². The molecule has 0 atom stereocenters. The summed E-state index contributed by atoms with van der Waals surface area (Å²) in [7, 11) is 1.63. The maximum atomic E-state index is 12.4. The molecule has 3 rings (SSSR count). The van der Waals surface area contributed by atoms with Gasteiger partial charge in [0.2, 0.25) is 5.91 Å². The van der Waals surface area contributed by atoms with Crippen molar-refractivity contribution in [3.8, 4) is 5.75 Å². The van der Waals surface area contributed by atoms with Crippen LogP contribution in [0.1, 0.15) is 15.9 Å². The lowest BCUT2D eigenvalue weighted by Gasteiger charge is -2.34. The largest absolute Gasteiger partial charge is 0.497 e. The number of pyridine rings is 1. The Hall–Kier alpha value is -3.19. The van der Waals surface area contributed by atoms with Gasteiger partial charge in [-0.1, -0.05) is 12.1 Å². The first-order valence-electron chi connectivity index (χ1n) is 9.67. The van der Waals surface area contributed by atoms with Crippen molar-refractivity contribution in [2.24, 2.45) is 0 Å². The van der Waals surface area contributed by atoms with E-state index in [-0.39, 0.29) is 11.8 Å². The van der Waals surface area contributed by atoms with Crippen LogP contribution in [0.25, 0.3) is 6.08 Å². The normalized spacial score (nSPS) is 14.7. The Balaban J connectivity index is 1.37. The zero-order valence-electron chi connectivity index (χ0n) is 16.6. The summed E-state index contributed by atoms with van der Waals surface area (Å²) in [4.78, 5) is 32.4. The van der Waals surface area contributed by atoms with Crippen molar-refractivity contribution in [3.63, 3.8) is 0 Å². The molecule has 29 heavy (non-hydrogen) atoms. The Morgan fingerprint density at radius 2 is 1.76 bits per heavy atom. The molecule has 2 aromatic rings. The summed E-state index contributed by atoms with van der Waals surface area (Å²) in [5.41, 5.74) is 1.57. The molecule has 1 aromatic carbocycles. The molecule has 0 radical (unpaired) electrons. The van der Waals surface area contributed by atoms with Gasteiger partial charge in [-0.3, -0.25) is 19.5 Å². The number of methoxy groups -OCH3 is 1. The Labute approximate surface area is 171 Å². The van der Waals surface area contributed by atoms with Crippen LogP contribution in [0.15, 0.2) is 54.9 Å². The maximum absolute atomic E-state index is 12.4. The molecule has 0 bridgehead atoms. The number of rotatable bonds is 7. The first-order valence-corrected chi connectivity index (χ1v) is 9.67. The third-order valence-electron chi connectivity index (χ3n) is 4.87. The van der Waals surface area contributed by atoms with Crippen LogP contribution in [0.2, 0.25) is 0 Å². The number of nitrogens with zero attached hydrogens (tertiary/aromatic N) is 3. The standard InChI is InChI=1S/C22H26N4O3/c1-29-20-5-2-18(3-6-20)4-7-21(27)26-16-14-25(15-17-26)13-12-24-22(28)19-8-10-23-11-9-19/h2-11H,12-17H2,1H3,(H,24,28). The monoisotopic (exact) mass is 394 g/mol. The third kappa shape index (κ3) is 6.15. The summed E-state index contributed by atoms with van der Waals surface area (Å²) >= 11 is 0. The molecule has 1 saturated heterocycles. The molecule has 0 unspecified atom stereocenters. The zero-order chi connectivity index (χ0) is 20.5. The summed E-state index contributed by atoms with van der Waals surface area (Å²) in [6.07, 6.45) is 6.65. The number of hydrogen-bond acceptors (Lipinski definition) is 5. The predicted octanol–water partition coefficient (Wildman–Crippen LogP) is 1.68. The number of piperazine rings is 1. The Bertz CT molecular complexity index is 829. The minimum absolute atomic E-state index is 0.0199. The van der Waals surface area contributed by atoms with Gasteiger partial charge in [-0.15, -0.1) is 0 Å². The van der Waals surface area contributed by atoms with Crippen molar-refractivity contribution < 1.29 is 14.3 Å². The highest BCUT2D eigenvalue weighted by molar-refractivity contribution is 5.94. The van der Waals surface area contributed by atoms with Crippen molar-refractivity contribution in [2.75, 3.05) is 46.4 Å². The van der Waals surface area contributed by atoms with Gasteiger partial charge in [0.1, 0.15) is 5.75 Å². The van der Waals surface area contributed by atoms with Crippen LogP contribution in [0, 0.1) is 0 Å². The van der Waals surface area contributed by atoms with Gasteiger partial charge in [0.15, 0.2) is 0 Å². The second-order valence-electron chi connectivity index (χ2n) is 6.77. The van der Waals surface area contributed by atoms with Crippen molar-refractivity contribution >= 4 is 17.9 Å². The molecule has 2 heterocycles. The van der Waals surface area contributed by atoms with Gasteiger partial charge in [-0.05, 0) is 35.9 Å². The molecule has 1 aromatic heterocycles. The summed E-state index contributed by atoms with van der Waals surface area (Å²) < 4.78 is 5.13. The van der Waals surface area contributed by atoms with Crippen LogP contribution >= 0.6 is 0 Å². The molecule has 1 fully saturated rings. The second kappa shape index (κ2) is 10.4. The Morgan fingerprint density at radius 3 is 2.41 bits per heavy atom. The van der Waals surface area contributed by atoms with Crippen molar-refractivity contribution in [1.29, 1.82) is 0 Å². The minimum atomic E-state index is -0.0927. The highest BCUT2D eigenvalue weighted by Crippen LogP contribution is 2.12. The average Bonchev–Trinajstić information content (AvgIpc) is 2.78. The van der Waals surface area contributed by atoms with E-state index in [1.165, 1.54) is 0 Å². The van der Waals surface area contributed by atoms with Crippen LogP contribution in [0.5, 0.6) is 5.75 Å². The van der Waals surface area contributed by atoms with Gasteiger partial charge in [0.05, 0.1) is 7.11 Å². The van der Waals surface area contributed by atoms with E-state index >= 15 is 0 Å². The van der Waals surface area contributed by atoms with Gasteiger partial charge in [0, 0.05) is 63.3 Å². The number of carbonyl (C=O) groups excluding carboxylic acids is 2. The Kier molecular flexibility index (Phi) is 7.35. The molecule has 1 aliphatic heterocycles. The molecule has 1 aliphatic rings. The van der Waals surface area contributed by atoms with Crippen LogP contribution < -0.4 is 10.1 Å². The van der Waals surface area contributed by atoms with E-state index in [0.29, 0.717) is 25.2 Å². The van der Waals surface area contributed by atoms with Gasteiger partial charge < -0.3 is 15.0 Å². The fraction of sp³-hybridized carbons (Fsp3) is 0.318. The minimum Gasteiger partial charge on any atom is -0.497 e. The molecule has 0 spiro atoms. The summed E-state index contributed by atoms with van der Waals surface area (Å²) in [6.45, 7) is 4.31. The first-order chi connectivity index (χ1) is 14.2. The van der Waals surface area contributed by atoms with E-state index in [1.54, 1.807) is 37.7 Å². The number of carbonyl (C=O) groups is 2. The average molecular weight is 394 g/mol. The summed E-state index contributed by atoms with van der Waals surface area (Å²) in [6, 6.07) is 11.0. The van der Waals surface area contributed by atoms with Gasteiger partial charge in [-0.2, -0.15) is 0 Å². The first kappa shape index (κ1) is 20.5. The quantitative estimate of drug-likeness (QED) is 0.724. The molecule has 7 heteroatoms. The third-order valence-corrected chi connectivity index (χ3v) is 4.87. The fourth-order valence-corrected chi connectivity index (χ4v) is 3.11. The zero-order valence-corrected chi connectivity index (χ0v) is 16.6. The van der Waals surface area contributed by atoms with E-state index in [0.717, 1.165) is 30.9 Å². The number of benzene rings is 1. The summed E-state index contributed by atoms with van der Waals surface area (Å²) in [5.74, 6) is 0.720. The second-order valence-corrected chi connectivity index (χ2v) is 6.77. The lowest BCUT2D eigenvalue weighted by Crippen LogP contribution is -2.49. The van der Waals surface area contributed by atoms with E-state index < -0.39 is 0 Å². The molecule has 152 valence electrons. The topological polar surface area (TPSA) is 74.8 Å². The van der Waals surface area contributed by atoms with E-state index in [4.69, 9.17) is 4.74 Å².